The van der Waals surface area contributed by atoms with Crippen molar-refractivity contribution in [2.75, 3.05) is 13.2 Å². The fraction of sp³-hybridized carbons (Fsp3) is 0.444. The molecule has 3 rings (SSSR count). The average Bonchev–Trinajstić information content (AvgIpc) is 3.16. The van der Waals surface area contributed by atoms with Gasteiger partial charge >= 0.3 is 0 Å². The van der Waals surface area contributed by atoms with Crippen LogP contribution in [0.1, 0.15) is 40.0 Å². The molecule has 24 heavy (non-hydrogen) atoms. The molecule has 1 aliphatic heterocycles. The van der Waals surface area contributed by atoms with E-state index in [1.165, 1.54) is 5.56 Å². The van der Waals surface area contributed by atoms with E-state index >= 15 is 0 Å². The number of nitrogens with zero attached hydrogens (tertiary/aromatic N) is 2. The molecule has 1 aliphatic rings. The number of benzene rings is 1. The van der Waals surface area contributed by atoms with E-state index in [0.29, 0.717) is 29.5 Å². The number of carbonyl (C=O) groups is 1. The summed E-state index contributed by atoms with van der Waals surface area (Å²) in [6.45, 7) is 5.68. The normalized spacial score (nSPS) is 17.2. The van der Waals surface area contributed by atoms with Crippen LogP contribution in [-0.4, -0.2) is 34.9 Å². The number of carbonyl (C=O) groups excluding carboxylic acids is 1. The van der Waals surface area contributed by atoms with Crippen molar-refractivity contribution in [2.24, 2.45) is 0 Å². The van der Waals surface area contributed by atoms with E-state index < -0.39 is 0 Å². The summed E-state index contributed by atoms with van der Waals surface area (Å²) >= 11 is 6.41. The molecular formula is C18H22ClN3O2. The van der Waals surface area contributed by atoms with Gasteiger partial charge in [-0.25, -0.2) is 4.68 Å². The molecule has 2 aromatic rings. The van der Waals surface area contributed by atoms with Crippen LogP contribution in [0, 0.1) is 13.8 Å². The second-order valence-corrected chi connectivity index (χ2v) is 6.60. The lowest BCUT2D eigenvalue weighted by molar-refractivity contribution is 0.0857. The Morgan fingerprint density at radius 2 is 2.12 bits per heavy atom. The molecule has 1 amide bonds. The number of aromatic nitrogens is 2. The molecule has 6 heteroatoms. The van der Waals surface area contributed by atoms with Crippen molar-refractivity contribution in [3.8, 4) is 0 Å². The first-order valence-corrected chi connectivity index (χ1v) is 8.60. The molecule has 2 heterocycles. The summed E-state index contributed by atoms with van der Waals surface area (Å²) in [5.41, 5.74) is 3.38. The second kappa shape index (κ2) is 7.36. The first-order valence-electron chi connectivity index (χ1n) is 8.23. The van der Waals surface area contributed by atoms with Gasteiger partial charge in [-0.05, 0) is 32.3 Å². The summed E-state index contributed by atoms with van der Waals surface area (Å²) in [5.74, 6) is -0.192. The molecule has 0 bridgehead atoms. The highest BCUT2D eigenvalue weighted by atomic mass is 35.5. The van der Waals surface area contributed by atoms with Crippen molar-refractivity contribution in [1.82, 2.24) is 15.1 Å². The molecule has 1 fully saturated rings. The summed E-state index contributed by atoms with van der Waals surface area (Å²) in [6.07, 6.45) is 2.14. The maximum atomic E-state index is 12.4. The topological polar surface area (TPSA) is 56.2 Å². The standard InChI is InChI=1S/C18H22ClN3O2/c1-12-5-7-14(8-6-12)11-22-17(19)16(13(2)21-22)18(23)20-10-15-4-3-9-24-15/h5-8,15H,3-4,9-11H2,1-2H3,(H,20,23)/t15-/m1/s1. The van der Waals surface area contributed by atoms with E-state index in [-0.39, 0.29) is 12.0 Å². The number of amides is 1. The zero-order valence-electron chi connectivity index (χ0n) is 14.0. The minimum absolute atomic E-state index is 0.107. The smallest absolute Gasteiger partial charge is 0.256 e. The van der Waals surface area contributed by atoms with Crippen molar-refractivity contribution in [2.45, 2.75) is 39.3 Å². The first kappa shape index (κ1) is 17.0. The van der Waals surface area contributed by atoms with Gasteiger partial charge in [-0.2, -0.15) is 5.10 Å². The fourth-order valence-corrected chi connectivity index (χ4v) is 3.20. The van der Waals surface area contributed by atoms with Gasteiger partial charge in [0, 0.05) is 13.2 Å². The maximum absolute atomic E-state index is 12.4. The number of ether oxygens (including phenoxy) is 1. The molecule has 1 aromatic carbocycles. The minimum atomic E-state index is -0.192. The van der Waals surface area contributed by atoms with E-state index in [0.717, 1.165) is 25.0 Å². The predicted octanol–water partition coefficient (Wildman–Crippen LogP) is 3.11. The Morgan fingerprint density at radius 3 is 2.79 bits per heavy atom. The maximum Gasteiger partial charge on any atom is 0.256 e. The number of hydrogen-bond donors (Lipinski definition) is 1. The molecule has 0 aliphatic carbocycles. The van der Waals surface area contributed by atoms with Gasteiger partial charge in [-0.15, -0.1) is 0 Å². The molecule has 5 nitrogen and oxygen atoms in total. The van der Waals surface area contributed by atoms with E-state index in [4.69, 9.17) is 16.3 Å². The van der Waals surface area contributed by atoms with Gasteiger partial charge in [-0.3, -0.25) is 4.79 Å². The predicted molar refractivity (Wildman–Crippen MR) is 93.6 cm³/mol. The van der Waals surface area contributed by atoms with Crippen LogP contribution < -0.4 is 5.32 Å². The Bertz CT molecular complexity index is 719. The molecule has 0 saturated carbocycles. The Labute approximate surface area is 147 Å². The Morgan fingerprint density at radius 1 is 1.38 bits per heavy atom. The molecule has 128 valence electrons. The quantitative estimate of drug-likeness (QED) is 0.904. The number of hydrogen-bond acceptors (Lipinski definition) is 3. The fourth-order valence-electron chi connectivity index (χ4n) is 2.88. The van der Waals surface area contributed by atoms with Crippen LogP contribution in [0.25, 0.3) is 0 Å². The third-order valence-electron chi connectivity index (χ3n) is 4.26. The lowest BCUT2D eigenvalue weighted by Crippen LogP contribution is -2.32. The van der Waals surface area contributed by atoms with Gasteiger partial charge in [-0.1, -0.05) is 41.4 Å². The molecule has 1 aromatic heterocycles. The van der Waals surface area contributed by atoms with Gasteiger partial charge in [0.05, 0.1) is 23.9 Å². The molecule has 0 radical (unpaired) electrons. The summed E-state index contributed by atoms with van der Waals surface area (Å²) in [4.78, 5) is 12.4. The summed E-state index contributed by atoms with van der Waals surface area (Å²) in [7, 11) is 0. The number of aryl methyl sites for hydroxylation is 2. The molecular weight excluding hydrogens is 326 g/mol. The monoisotopic (exact) mass is 347 g/mol. The third kappa shape index (κ3) is 3.79. The van der Waals surface area contributed by atoms with Crippen molar-refractivity contribution < 1.29 is 9.53 Å². The van der Waals surface area contributed by atoms with Crippen LogP contribution in [0.3, 0.4) is 0 Å². The zero-order chi connectivity index (χ0) is 17.1. The molecule has 1 N–H and O–H groups in total. The third-order valence-corrected chi connectivity index (χ3v) is 4.64. The van der Waals surface area contributed by atoms with Crippen LogP contribution in [0.2, 0.25) is 5.15 Å². The summed E-state index contributed by atoms with van der Waals surface area (Å²) in [5, 5.41) is 7.70. The Hall–Kier alpha value is -1.85. The zero-order valence-corrected chi connectivity index (χ0v) is 14.8. The van der Waals surface area contributed by atoms with Gasteiger partial charge in [0.25, 0.3) is 5.91 Å². The number of halogens is 1. The number of rotatable bonds is 5. The second-order valence-electron chi connectivity index (χ2n) is 6.24. The highest BCUT2D eigenvalue weighted by Gasteiger charge is 2.22. The van der Waals surface area contributed by atoms with Crippen LogP contribution in [0.15, 0.2) is 24.3 Å². The van der Waals surface area contributed by atoms with Gasteiger partial charge < -0.3 is 10.1 Å². The summed E-state index contributed by atoms with van der Waals surface area (Å²) < 4.78 is 7.19. The summed E-state index contributed by atoms with van der Waals surface area (Å²) in [6, 6.07) is 8.18. The van der Waals surface area contributed by atoms with Gasteiger partial charge in [0.2, 0.25) is 0 Å². The van der Waals surface area contributed by atoms with Crippen LogP contribution in [-0.2, 0) is 11.3 Å². The highest BCUT2D eigenvalue weighted by Crippen LogP contribution is 2.21. The van der Waals surface area contributed by atoms with Crippen LogP contribution in [0.5, 0.6) is 0 Å². The SMILES string of the molecule is Cc1ccc(Cn2nc(C)c(C(=O)NC[C@H]3CCCO3)c2Cl)cc1. The lowest BCUT2D eigenvalue weighted by Gasteiger charge is -2.10. The van der Waals surface area contributed by atoms with Crippen LogP contribution in [0.4, 0.5) is 0 Å². The van der Waals surface area contributed by atoms with Crippen molar-refractivity contribution in [3.63, 3.8) is 0 Å². The average molecular weight is 348 g/mol. The van der Waals surface area contributed by atoms with Crippen molar-refractivity contribution in [3.05, 3.63) is 51.8 Å². The van der Waals surface area contributed by atoms with E-state index in [1.54, 1.807) is 11.6 Å². The highest BCUT2D eigenvalue weighted by molar-refractivity contribution is 6.33. The molecule has 0 unspecified atom stereocenters. The van der Waals surface area contributed by atoms with Crippen molar-refractivity contribution >= 4 is 17.5 Å². The molecule has 1 saturated heterocycles. The van der Waals surface area contributed by atoms with Gasteiger partial charge in [0.15, 0.2) is 0 Å². The van der Waals surface area contributed by atoms with E-state index in [2.05, 4.69) is 22.5 Å². The first-order chi connectivity index (χ1) is 11.5. The van der Waals surface area contributed by atoms with Gasteiger partial charge in [0.1, 0.15) is 5.15 Å². The van der Waals surface area contributed by atoms with Crippen molar-refractivity contribution in [1.29, 1.82) is 0 Å². The van der Waals surface area contributed by atoms with Crippen LogP contribution >= 0.6 is 11.6 Å². The Kier molecular flexibility index (Phi) is 5.21. The van der Waals surface area contributed by atoms with E-state index in [9.17, 15) is 4.79 Å². The molecule has 1 atom stereocenters. The van der Waals surface area contributed by atoms with E-state index in [1.807, 2.05) is 19.1 Å². The number of nitrogens with one attached hydrogen (secondary N) is 1. The largest absolute Gasteiger partial charge is 0.376 e. The lowest BCUT2D eigenvalue weighted by atomic mass is 10.1. The minimum Gasteiger partial charge on any atom is -0.376 e. The molecule has 0 spiro atoms. The Balaban J connectivity index is 1.70.